The summed E-state index contributed by atoms with van der Waals surface area (Å²) in [6.45, 7) is 2.34. The highest BCUT2D eigenvalue weighted by Gasteiger charge is 2.21. The minimum Gasteiger partial charge on any atom is -0.367 e. The van der Waals surface area contributed by atoms with Gasteiger partial charge in [-0.15, -0.1) is 0 Å². The average Bonchev–Trinajstić information content (AvgIpc) is 3.01. The van der Waals surface area contributed by atoms with Crippen LogP contribution in [0.4, 0.5) is 5.82 Å². The van der Waals surface area contributed by atoms with Crippen LogP contribution in [0.2, 0.25) is 0 Å². The summed E-state index contributed by atoms with van der Waals surface area (Å²) in [6.07, 6.45) is 9.08. The third kappa shape index (κ3) is 2.81. The molecule has 0 bridgehead atoms. The second kappa shape index (κ2) is 6.03. The van der Waals surface area contributed by atoms with E-state index in [0.29, 0.717) is 12.0 Å². The van der Waals surface area contributed by atoms with Crippen molar-refractivity contribution in [3.05, 3.63) is 48.8 Å². The summed E-state index contributed by atoms with van der Waals surface area (Å²) in [5.74, 6) is 1.68. The molecule has 3 heterocycles. The number of aromatic nitrogens is 3. The Kier molecular flexibility index (Phi) is 3.74. The summed E-state index contributed by atoms with van der Waals surface area (Å²) in [6, 6.07) is 12.8. The molecule has 2 atom stereocenters. The molecular weight excluding hydrogens is 284 g/mol. The first-order valence-electron chi connectivity index (χ1n) is 8.47. The fraction of sp³-hybridized carbons (Fsp3) is 0.368. The number of fused-ring (bicyclic) bond motifs is 1. The van der Waals surface area contributed by atoms with E-state index in [9.17, 15) is 0 Å². The molecule has 0 aliphatic heterocycles. The van der Waals surface area contributed by atoms with Crippen molar-refractivity contribution in [1.82, 2.24) is 14.6 Å². The Morgan fingerprint density at radius 2 is 2.00 bits per heavy atom. The third-order valence-electron chi connectivity index (χ3n) is 4.90. The van der Waals surface area contributed by atoms with Crippen LogP contribution in [-0.4, -0.2) is 20.6 Å². The predicted octanol–water partition coefficient (Wildman–Crippen LogP) is 4.39. The summed E-state index contributed by atoms with van der Waals surface area (Å²) >= 11 is 0. The average molecular weight is 306 g/mol. The monoisotopic (exact) mass is 306 g/mol. The van der Waals surface area contributed by atoms with E-state index in [2.05, 4.69) is 41.6 Å². The molecular formula is C19H22N4. The molecule has 0 aromatic carbocycles. The second-order valence-corrected chi connectivity index (χ2v) is 6.51. The van der Waals surface area contributed by atoms with E-state index in [1.165, 1.54) is 25.7 Å². The lowest BCUT2D eigenvalue weighted by atomic mass is 9.86. The molecule has 1 aliphatic rings. The Morgan fingerprint density at radius 3 is 2.91 bits per heavy atom. The van der Waals surface area contributed by atoms with Gasteiger partial charge in [-0.25, -0.2) is 9.50 Å². The van der Waals surface area contributed by atoms with Crippen molar-refractivity contribution >= 4 is 11.3 Å². The molecule has 0 radical (unpaired) electrons. The zero-order valence-corrected chi connectivity index (χ0v) is 13.4. The number of rotatable bonds is 3. The molecule has 23 heavy (non-hydrogen) atoms. The highest BCUT2D eigenvalue weighted by Crippen LogP contribution is 2.28. The minimum absolute atomic E-state index is 0.537. The van der Waals surface area contributed by atoms with Gasteiger partial charge in [-0.05, 0) is 43.0 Å². The van der Waals surface area contributed by atoms with Crippen LogP contribution in [0.15, 0.2) is 48.8 Å². The molecule has 4 nitrogen and oxygen atoms in total. The maximum Gasteiger partial charge on any atom is 0.126 e. The van der Waals surface area contributed by atoms with Gasteiger partial charge in [-0.2, -0.15) is 5.10 Å². The van der Waals surface area contributed by atoms with Crippen LogP contribution >= 0.6 is 0 Å². The molecule has 1 aliphatic carbocycles. The van der Waals surface area contributed by atoms with Crippen LogP contribution in [0.25, 0.3) is 16.8 Å². The van der Waals surface area contributed by atoms with Gasteiger partial charge in [0, 0.05) is 17.8 Å². The molecule has 4 rings (SSSR count). The maximum absolute atomic E-state index is 4.83. The normalized spacial score (nSPS) is 21.4. The number of hydrogen-bond acceptors (Lipinski definition) is 3. The van der Waals surface area contributed by atoms with Crippen LogP contribution in [0, 0.1) is 5.92 Å². The molecule has 0 amide bonds. The van der Waals surface area contributed by atoms with Gasteiger partial charge < -0.3 is 5.32 Å². The molecule has 4 heteroatoms. The Bertz CT molecular complexity index is 808. The van der Waals surface area contributed by atoms with E-state index in [1.54, 1.807) is 0 Å². The Balaban J connectivity index is 1.63. The topological polar surface area (TPSA) is 42.2 Å². The molecule has 1 fully saturated rings. The third-order valence-corrected chi connectivity index (χ3v) is 4.90. The summed E-state index contributed by atoms with van der Waals surface area (Å²) in [7, 11) is 0. The highest BCUT2D eigenvalue weighted by atomic mass is 15.2. The number of nitrogens with zero attached hydrogens (tertiary/aromatic N) is 3. The van der Waals surface area contributed by atoms with Crippen LogP contribution in [-0.2, 0) is 0 Å². The van der Waals surface area contributed by atoms with Gasteiger partial charge in [0.15, 0.2) is 0 Å². The molecule has 0 spiro atoms. The zero-order chi connectivity index (χ0) is 15.6. The lowest BCUT2D eigenvalue weighted by Gasteiger charge is -2.30. The van der Waals surface area contributed by atoms with Crippen molar-refractivity contribution in [3.8, 4) is 11.3 Å². The van der Waals surface area contributed by atoms with Crippen LogP contribution < -0.4 is 5.32 Å². The highest BCUT2D eigenvalue weighted by molar-refractivity contribution is 5.78. The molecule has 1 N–H and O–H groups in total. The van der Waals surface area contributed by atoms with E-state index in [1.807, 2.05) is 29.0 Å². The van der Waals surface area contributed by atoms with Crippen molar-refractivity contribution in [1.29, 1.82) is 0 Å². The first-order chi connectivity index (χ1) is 11.3. The van der Waals surface area contributed by atoms with Crippen LogP contribution in [0.1, 0.15) is 32.6 Å². The number of hydrogen-bond donors (Lipinski definition) is 1. The van der Waals surface area contributed by atoms with Gasteiger partial charge in [0.2, 0.25) is 0 Å². The fourth-order valence-electron chi connectivity index (χ4n) is 3.52. The lowest BCUT2D eigenvalue weighted by Crippen LogP contribution is -2.30. The largest absolute Gasteiger partial charge is 0.367 e. The lowest BCUT2D eigenvalue weighted by molar-refractivity contribution is 0.349. The maximum atomic E-state index is 4.83. The molecule has 3 aromatic heterocycles. The Labute approximate surface area is 136 Å². The molecule has 2 unspecified atom stereocenters. The van der Waals surface area contributed by atoms with Crippen molar-refractivity contribution in [2.75, 3.05) is 5.32 Å². The van der Waals surface area contributed by atoms with Crippen molar-refractivity contribution < 1.29 is 0 Å². The van der Waals surface area contributed by atoms with Gasteiger partial charge >= 0.3 is 0 Å². The van der Waals surface area contributed by atoms with E-state index >= 15 is 0 Å². The number of nitrogens with one attached hydrogen (secondary N) is 1. The van der Waals surface area contributed by atoms with E-state index in [0.717, 1.165) is 22.6 Å². The summed E-state index contributed by atoms with van der Waals surface area (Å²) in [5.41, 5.74) is 3.13. The quantitative estimate of drug-likeness (QED) is 0.780. The van der Waals surface area contributed by atoms with Crippen molar-refractivity contribution in [2.45, 2.75) is 38.6 Å². The minimum atomic E-state index is 0.537. The zero-order valence-electron chi connectivity index (χ0n) is 13.4. The molecule has 0 saturated heterocycles. The van der Waals surface area contributed by atoms with Gasteiger partial charge in [-0.1, -0.05) is 31.9 Å². The second-order valence-electron chi connectivity index (χ2n) is 6.51. The fourth-order valence-corrected chi connectivity index (χ4v) is 3.52. The van der Waals surface area contributed by atoms with Gasteiger partial charge in [-0.3, -0.25) is 0 Å². The summed E-state index contributed by atoms with van der Waals surface area (Å²) in [4.78, 5) is 4.83. The smallest absolute Gasteiger partial charge is 0.126 e. The van der Waals surface area contributed by atoms with E-state index in [-0.39, 0.29) is 0 Å². The van der Waals surface area contributed by atoms with Crippen LogP contribution in [0.5, 0.6) is 0 Å². The Morgan fingerprint density at radius 1 is 1.09 bits per heavy atom. The van der Waals surface area contributed by atoms with Crippen molar-refractivity contribution in [3.63, 3.8) is 0 Å². The predicted molar refractivity (Wildman–Crippen MR) is 93.5 cm³/mol. The first kappa shape index (κ1) is 14.2. The van der Waals surface area contributed by atoms with Gasteiger partial charge in [0.25, 0.3) is 0 Å². The van der Waals surface area contributed by atoms with Gasteiger partial charge in [0.1, 0.15) is 5.82 Å². The SMILES string of the molecule is CC1CCCCC1Nc1cccc(-c2cnn3ccccc23)n1. The van der Waals surface area contributed by atoms with Crippen molar-refractivity contribution in [2.24, 2.45) is 5.92 Å². The first-order valence-corrected chi connectivity index (χ1v) is 8.47. The molecule has 1 saturated carbocycles. The van der Waals surface area contributed by atoms with E-state index < -0.39 is 0 Å². The summed E-state index contributed by atoms with van der Waals surface area (Å²) < 4.78 is 1.89. The summed E-state index contributed by atoms with van der Waals surface area (Å²) in [5, 5.41) is 8.05. The number of anilines is 1. The van der Waals surface area contributed by atoms with Gasteiger partial charge in [0.05, 0.1) is 17.4 Å². The van der Waals surface area contributed by atoms with E-state index in [4.69, 9.17) is 4.98 Å². The molecule has 118 valence electrons. The Hall–Kier alpha value is -2.36. The standard InChI is InChI=1S/C19H22N4/c1-14-7-2-3-8-16(14)21-19-11-6-9-17(22-19)15-13-20-23-12-5-4-10-18(15)23/h4-6,9-14,16H,2-3,7-8H2,1H3,(H,21,22). The van der Waals surface area contributed by atoms with Crippen LogP contribution in [0.3, 0.4) is 0 Å². The number of pyridine rings is 2. The molecule has 3 aromatic rings.